The summed E-state index contributed by atoms with van der Waals surface area (Å²) in [5.41, 5.74) is 2.36. The normalized spacial score (nSPS) is 10.8. The topological polar surface area (TPSA) is 60.8 Å². The number of aliphatic hydroxyl groups excluding tert-OH is 1. The lowest BCUT2D eigenvalue weighted by atomic mass is 10.1. The van der Waals surface area contributed by atoms with E-state index < -0.39 is 5.97 Å². The summed E-state index contributed by atoms with van der Waals surface area (Å²) in [6, 6.07) is 8.01. The van der Waals surface area contributed by atoms with Crippen molar-refractivity contribution in [3.05, 3.63) is 35.4 Å². The Morgan fingerprint density at radius 3 is 2.59 bits per heavy atom. The van der Waals surface area contributed by atoms with Crippen molar-refractivity contribution in [1.29, 1.82) is 0 Å². The van der Waals surface area contributed by atoms with Gasteiger partial charge in [-0.25, -0.2) is 0 Å². The molecular weight excluding hydrogens is 218 g/mol. The van der Waals surface area contributed by atoms with Gasteiger partial charge in [0.25, 0.3) is 0 Å². The molecule has 1 aromatic carbocycles. The van der Waals surface area contributed by atoms with Crippen molar-refractivity contribution in [3.8, 4) is 0 Å². The molecule has 0 bridgehead atoms. The van der Waals surface area contributed by atoms with Crippen LogP contribution in [0.15, 0.2) is 24.3 Å². The van der Waals surface area contributed by atoms with E-state index in [1.54, 1.807) is 0 Å². The molecule has 17 heavy (non-hydrogen) atoms. The van der Waals surface area contributed by atoms with Gasteiger partial charge < -0.3 is 10.2 Å². The summed E-state index contributed by atoms with van der Waals surface area (Å²) >= 11 is 0. The Bertz CT molecular complexity index is 365. The molecule has 0 heterocycles. The number of aryl methyl sites for hydroxylation is 1. The number of hydrogen-bond donors (Lipinski definition) is 2. The minimum Gasteiger partial charge on any atom is -0.481 e. The van der Waals surface area contributed by atoms with Crippen LogP contribution in [0, 0.1) is 6.92 Å². The van der Waals surface area contributed by atoms with Gasteiger partial charge in [-0.1, -0.05) is 24.3 Å². The maximum absolute atomic E-state index is 10.5. The summed E-state index contributed by atoms with van der Waals surface area (Å²) in [5.74, 6) is -0.808. The number of carboxylic acids is 1. The molecule has 1 rings (SSSR count). The molecule has 0 aliphatic carbocycles. The van der Waals surface area contributed by atoms with Crippen molar-refractivity contribution >= 4 is 5.97 Å². The number of aliphatic carboxylic acids is 1. The molecule has 0 radical (unpaired) electrons. The fourth-order valence-corrected chi connectivity index (χ4v) is 1.69. The van der Waals surface area contributed by atoms with E-state index >= 15 is 0 Å². The molecule has 94 valence electrons. The maximum atomic E-state index is 10.5. The Labute approximate surface area is 101 Å². The number of carboxylic acid groups (broad SMARTS) is 1. The number of benzene rings is 1. The van der Waals surface area contributed by atoms with Crippen molar-refractivity contribution in [2.24, 2.45) is 0 Å². The predicted molar refractivity (Wildman–Crippen MR) is 65.8 cm³/mol. The van der Waals surface area contributed by atoms with E-state index in [4.69, 9.17) is 10.2 Å². The van der Waals surface area contributed by atoms with Gasteiger partial charge in [0.1, 0.15) is 0 Å². The van der Waals surface area contributed by atoms with Gasteiger partial charge in [-0.15, -0.1) is 0 Å². The fourth-order valence-electron chi connectivity index (χ4n) is 1.69. The van der Waals surface area contributed by atoms with Gasteiger partial charge >= 0.3 is 5.97 Å². The lowest BCUT2D eigenvalue weighted by molar-refractivity contribution is -0.137. The fraction of sp³-hybridized carbons (Fsp3) is 0.462. The van der Waals surface area contributed by atoms with Gasteiger partial charge in [-0.3, -0.25) is 9.69 Å². The molecule has 0 aliphatic heterocycles. The number of nitrogens with zero attached hydrogens (tertiary/aromatic N) is 1. The standard InChI is InChI=1S/C13H19NO3/c1-11-4-2-3-5-12(11)10-14(8-9-15)7-6-13(16)17/h2-5,15H,6-10H2,1H3,(H,16,17). The van der Waals surface area contributed by atoms with Crippen LogP contribution in [0.5, 0.6) is 0 Å². The highest BCUT2D eigenvalue weighted by Gasteiger charge is 2.08. The average molecular weight is 237 g/mol. The monoisotopic (exact) mass is 237 g/mol. The smallest absolute Gasteiger partial charge is 0.304 e. The molecule has 0 fully saturated rings. The highest BCUT2D eigenvalue weighted by molar-refractivity contribution is 5.66. The number of hydrogen-bond acceptors (Lipinski definition) is 3. The Kier molecular flexibility index (Phi) is 5.66. The summed E-state index contributed by atoms with van der Waals surface area (Å²) in [5, 5.41) is 17.6. The van der Waals surface area contributed by atoms with Gasteiger partial charge in [0.2, 0.25) is 0 Å². The van der Waals surface area contributed by atoms with Crippen LogP contribution < -0.4 is 0 Å². The third-order valence-corrected chi connectivity index (χ3v) is 2.71. The van der Waals surface area contributed by atoms with Crippen molar-refractivity contribution < 1.29 is 15.0 Å². The van der Waals surface area contributed by atoms with Gasteiger partial charge in [-0.2, -0.15) is 0 Å². The van der Waals surface area contributed by atoms with Crippen LogP contribution in [0.4, 0.5) is 0 Å². The van der Waals surface area contributed by atoms with Gasteiger partial charge in [0, 0.05) is 19.6 Å². The Hall–Kier alpha value is -1.39. The van der Waals surface area contributed by atoms with E-state index in [2.05, 4.69) is 0 Å². The minimum absolute atomic E-state index is 0.0471. The van der Waals surface area contributed by atoms with Crippen LogP contribution >= 0.6 is 0 Å². The van der Waals surface area contributed by atoms with E-state index in [9.17, 15) is 4.79 Å². The zero-order valence-electron chi connectivity index (χ0n) is 10.1. The number of rotatable bonds is 7. The zero-order chi connectivity index (χ0) is 12.7. The molecule has 0 aromatic heterocycles. The maximum Gasteiger partial charge on any atom is 0.304 e. The molecule has 2 N–H and O–H groups in total. The first-order valence-corrected chi connectivity index (χ1v) is 5.73. The average Bonchev–Trinajstić information content (AvgIpc) is 2.29. The van der Waals surface area contributed by atoms with Crippen LogP contribution in [0.3, 0.4) is 0 Å². The molecule has 4 heteroatoms. The van der Waals surface area contributed by atoms with Crippen LogP contribution in [0.1, 0.15) is 17.5 Å². The van der Waals surface area contributed by atoms with Crippen molar-refractivity contribution in [1.82, 2.24) is 4.90 Å². The molecule has 4 nitrogen and oxygen atoms in total. The SMILES string of the molecule is Cc1ccccc1CN(CCO)CCC(=O)O. The molecule has 0 spiro atoms. The molecule has 0 amide bonds. The Morgan fingerprint density at radius 1 is 1.29 bits per heavy atom. The van der Waals surface area contributed by atoms with E-state index in [0.29, 0.717) is 19.6 Å². The first-order chi connectivity index (χ1) is 8.13. The molecular formula is C13H19NO3. The molecule has 0 aliphatic rings. The molecule has 1 aromatic rings. The summed E-state index contributed by atoms with van der Waals surface area (Å²) < 4.78 is 0. The van der Waals surface area contributed by atoms with Crippen LogP contribution in [-0.2, 0) is 11.3 Å². The van der Waals surface area contributed by atoms with Gasteiger partial charge in [0.15, 0.2) is 0 Å². The lowest BCUT2D eigenvalue weighted by Gasteiger charge is -2.21. The second-order valence-electron chi connectivity index (χ2n) is 4.07. The third-order valence-electron chi connectivity index (χ3n) is 2.71. The quantitative estimate of drug-likeness (QED) is 0.749. The van der Waals surface area contributed by atoms with Crippen molar-refractivity contribution in [2.45, 2.75) is 19.9 Å². The number of carbonyl (C=O) groups is 1. The van der Waals surface area contributed by atoms with Crippen molar-refractivity contribution in [3.63, 3.8) is 0 Å². The molecule has 0 unspecified atom stereocenters. The molecule has 0 saturated carbocycles. The Balaban J connectivity index is 2.59. The highest BCUT2D eigenvalue weighted by atomic mass is 16.4. The van der Waals surface area contributed by atoms with Gasteiger partial charge in [0.05, 0.1) is 13.0 Å². The minimum atomic E-state index is -0.808. The van der Waals surface area contributed by atoms with E-state index in [1.165, 1.54) is 11.1 Å². The third kappa shape index (κ3) is 4.97. The van der Waals surface area contributed by atoms with E-state index in [1.807, 2.05) is 36.1 Å². The first-order valence-electron chi connectivity index (χ1n) is 5.73. The Morgan fingerprint density at radius 2 is 2.00 bits per heavy atom. The molecule has 0 atom stereocenters. The van der Waals surface area contributed by atoms with E-state index in [0.717, 1.165) is 0 Å². The van der Waals surface area contributed by atoms with Crippen LogP contribution in [-0.4, -0.2) is 40.8 Å². The molecule has 0 saturated heterocycles. The van der Waals surface area contributed by atoms with Gasteiger partial charge in [-0.05, 0) is 18.1 Å². The van der Waals surface area contributed by atoms with Crippen LogP contribution in [0.2, 0.25) is 0 Å². The van der Waals surface area contributed by atoms with Crippen LogP contribution in [0.25, 0.3) is 0 Å². The lowest BCUT2D eigenvalue weighted by Crippen LogP contribution is -2.29. The largest absolute Gasteiger partial charge is 0.481 e. The highest BCUT2D eigenvalue weighted by Crippen LogP contribution is 2.10. The van der Waals surface area contributed by atoms with Crippen molar-refractivity contribution in [2.75, 3.05) is 19.7 Å². The first kappa shape index (κ1) is 13.7. The summed E-state index contributed by atoms with van der Waals surface area (Å²) in [4.78, 5) is 12.5. The predicted octanol–water partition coefficient (Wildman–Crippen LogP) is 1.26. The number of aliphatic hydroxyl groups is 1. The summed E-state index contributed by atoms with van der Waals surface area (Å²) in [6.45, 7) is 3.72. The summed E-state index contributed by atoms with van der Waals surface area (Å²) in [6.07, 6.45) is 0.103. The second-order valence-corrected chi connectivity index (χ2v) is 4.07. The zero-order valence-corrected chi connectivity index (χ0v) is 10.1. The second kappa shape index (κ2) is 7.04. The summed E-state index contributed by atoms with van der Waals surface area (Å²) in [7, 11) is 0. The van der Waals surface area contributed by atoms with E-state index in [-0.39, 0.29) is 13.0 Å².